The van der Waals surface area contributed by atoms with Gasteiger partial charge in [-0.05, 0) is 76.2 Å². The van der Waals surface area contributed by atoms with Crippen LogP contribution in [0.5, 0.6) is 0 Å². The topological polar surface area (TPSA) is 433 Å². The summed E-state index contributed by atoms with van der Waals surface area (Å²) in [4.78, 5) is 109. The predicted octanol–water partition coefficient (Wildman–Crippen LogP) is 12.3. The van der Waals surface area contributed by atoms with E-state index in [9.17, 15) is 88.4 Å². The average Bonchev–Trinajstić information content (AvgIpc) is 1.61. The van der Waals surface area contributed by atoms with Crippen LogP contribution in [-0.2, 0) is 87.8 Å². The SMILES string of the molecule is CCOC(=O)C1=C2C[C@H](NS(=O)(=O)C3CC(F)(F)C3)CN2C(c2nccs2)=N[C@H]1c1ccc(F)cc1Cl.CCOC(=O)C1=C2C[C@H](NS(=O)(=O)C3CN(C(C)=O)C3)CN2C(c2nccs2)=N[C@H]1c1ccc(F)cc1Cl.CCOC(=O)C1=C2C[C@H](NS(=O)(=O)C3COC3)CN2C(c2nccs2)=N[C@H]1c1ccc(F)cc1Cl.CCOC(=O)C1=C2C[C@H](NS(=O)(=O)CF)CN2C(c2nccs2)=N[C@H]1c1ccc(F)cc1Cl. The number of aliphatic imine (C=N–C) groups is 4. The number of sulfonamides is 4. The molecule has 8 atom stereocenters. The number of ether oxygens (including phenoxy) is 5. The number of benzene rings is 4. The van der Waals surface area contributed by atoms with E-state index < -0.39 is 176 Å². The second-order valence-corrected chi connectivity index (χ2v) is 46.6. The predicted molar refractivity (Wildman–Crippen MR) is 519 cm³/mol. The molecule has 14 heterocycles. The number of rotatable bonds is 28. The van der Waals surface area contributed by atoms with E-state index in [0.717, 1.165) is 18.2 Å². The summed E-state index contributed by atoms with van der Waals surface area (Å²) in [5, 5.41) is 7.18. The van der Waals surface area contributed by atoms with Crippen LogP contribution in [0.4, 0.5) is 30.7 Å². The molecule has 10 aliphatic heterocycles. The van der Waals surface area contributed by atoms with E-state index in [1.54, 1.807) is 88.7 Å². The first-order valence-corrected chi connectivity index (χ1v) is 55.6. The van der Waals surface area contributed by atoms with Crippen LogP contribution < -0.4 is 18.9 Å². The van der Waals surface area contributed by atoms with Crippen molar-refractivity contribution in [2.24, 2.45) is 20.0 Å². The maximum absolute atomic E-state index is 13.9. The lowest BCUT2D eigenvalue weighted by molar-refractivity contribution is -0.140. The second kappa shape index (κ2) is 43.9. The normalized spacial score (nSPS) is 22.1. The molecule has 19 rings (SSSR count). The van der Waals surface area contributed by atoms with Crippen LogP contribution in [0.15, 0.2) is 184 Å². The number of alkyl halides is 3. The van der Waals surface area contributed by atoms with Gasteiger partial charge in [-0.15, -0.1) is 45.3 Å². The Bertz CT molecular complexity index is 7020. The summed E-state index contributed by atoms with van der Waals surface area (Å²) < 4.78 is 232. The molecule has 1 aliphatic carbocycles. The number of nitrogens with one attached hydrogen (secondary N) is 4. The Kier molecular flexibility index (Phi) is 32.4. The summed E-state index contributed by atoms with van der Waals surface area (Å²) in [5.74, 6) is -6.08. The van der Waals surface area contributed by atoms with Crippen LogP contribution in [0, 0.1) is 23.3 Å². The van der Waals surface area contributed by atoms with Crippen molar-refractivity contribution in [2.75, 3.05) is 84.9 Å². The summed E-state index contributed by atoms with van der Waals surface area (Å²) >= 11 is 30.8. The van der Waals surface area contributed by atoms with Crippen molar-refractivity contribution in [1.29, 1.82) is 0 Å². The number of likely N-dealkylation sites (tertiary alicyclic amines) is 1. The molecule has 1 amide bonds. The molecule has 0 radical (unpaired) electrons. The monoisotopic (exact) mass is 2210 g/mol. The first-order chi connectivity index (χ1) is 68.1. The molecule has 143 heavy (non-hydrogen) atoms. The van der Waals surface area contributed by atoms with Crippen LogP contribution >= 0.6 is 91.8 Å². The van der Waals surface area contributed by atoms with E-state index in [0.29, 0.717) is 88.4 Å². The van der Waals surface area contributed by atoms with Gasteiger partial charge in [-0.2, -0.15) is 0 Å². The Morgan fingerprint density at radius 3 is 0.902 bits per heavy atom. The van der Waals surface area contributed by atoms with E-state index >= 15 is 0 Å². The highest BCUT2D eigenvalue weighted by Crippen LogP contribution is 2.50. The standard InChI is InChI=1S/C24H25ClFN5O5S2.C23H22ClF3N4O4S2.C22H22ClFN4O5S2.C20H19ClF2N4O4S2/c1-3-36-24(33)20-19-9-15(29-38(34,35)16-11-30(12-16)13(2)32)10-31(19)22(23-27-6-7-37-23)28-21(20)17-5-4-14(26)8-18(17)25;1-2-35-22(32)18-17-8-13(30-37(33,34)14-9-23(26,27)10-14)11-31(17)20(21-28-5-6-36-21)29-19(18)15-4-3-12(25)7-16(15)24;1-2-33-22(29)18-17-8-13(27-35(30,31)14-10-32-11-14)9-28(17)20(21-25-5-6-34-21)26-19(18)15-4-3-12(24)7-16(15)23;1-2-31-20(28)16-15-8-12(26-33(29,30)10-22)9-27(15)18(19-24-5-6-32-19)25-17(16)13-4-3-11(23)7-14(13)21/h4-8,15-16,21,29H,3,9-12H2,1-2H3;3-7,13-14,19,30H,2,8-11H2,1H3;3-7,13-14,19,27H,2,8-11H2,1H3;3-7,12,17,26H,2,8-10H2,1H3/t15-,21-;2*13-,19-;12-,17-/m0000/s1. The van der Waals surface area contributed by atoms with Crippen LogP contribution in [0.2, 0.25) is 20.1 Å². The molecule has 4 aromatic heterocycles. The minimum atomic E-state index is -4.14. The van der Waals surface area contributed by atoms with E-state index in [1.807, 2.05) is 4.90 Å². The number of hydrogen-bond acceptors (Lipinski definition) is 34. The fraction of sp³-hybridized carbons (Fsp3) is 0.404. The average molecular weight is 2220 g/mol. The molecule has 35 nitrogen and oxygen atoms in total. The third kappa shape index (κ3) is 23.0. The third-order valence-electron chi connectivity index (χ3n) is 24.3. The number of halogens is 11. The maximum Gasteiger partial charge on any atom is 0.338 e. The first kappa shape index (κ1) is 106. The molecule has 8 aromatic rings. The highest BCUT2D eigenvalue weighted by atomic mass is 35.5. The fourth-order valence-corrected chi connectivity index (χ4v) is 26.8. The molecular weight excluding hydrogens is 2130 g/mol. The Morgan fingerprint density at radius 2 is 0.678 bits per heavy atom. The highest BCUT2D eigenvalue weighted by Gasteiger charge is 2.55. The molecule has 7 fully saturated rings. The molecule has 0 unspecified atom stereocenters. The van der Waals surface area contributed by atoms with E-state index in [2.05, 4.69) is 38.8 Å². The summed E-state index contributed by atoms with van der Waals surface area (Å²) in [6, 6.07) is 7.61. The quantitative estimate of drug-likeness (QED) is 0.0201. The van der Waals surface area contributed by atoms with Crippen molar-refractivity contribution in [3.8, 4) is 0 Å². The second-order valence-electron chi connectivity index (χ2n) is 33.7. The number of thiazole rings is 4. The summed E-state index contributed by atoms with van der Waals surface area (Å²) in [6.07, 6.45) is 5.57. The van der Waals surface area contributed by atoms with Crippen molar-refractivity contribution in [1.82, 2.24) is 63.3 Å². The Hall–Kier alpha value is -10.1. The van der Waals surface area contributed by atoms with E-state index in [4.69, 9.17) is 90.1 Å². The van der Waals surface area contributed by atoms with Gasteiger partial charge >= 0.3 is 23.9 Å². The number of aromatic nitrogens is 4. The number of hydrogen-bond donors (Lipinski definition) is 4. The maximum atomic E-state index is 13.9. The number of nitrogens with zero attached hydrogens (tertiary/aromatic N) is 13. The highest BCUT2D eigenvalue weighted by molar-refractivity contribution is 7.91. The van der Waals surface area contributed by atoms with Gasteiger partial charge in [0.05, 0.1) is 67.2 Å². The van der Waals surface area contributed by atoms with Gasteiger partial charge in [0, 0.05) is 220 Å². The minimum absolute atomic E-state index is 0.0595. The van der Waals surface area contributed by atoms with Crippen LogP contribution in [0.25, 0.3) is 0 Å². The molecule has 0 spiro atoms. The van der Waals surface area contributed by atoms with Crippen LogP contribution in [0.3, 0.4) is 0 Å². The van der Waals surface area contributed by atoms with Gasteiger partial charge in [0.25, 0.3) is 5.92 Å². The van der Waals surface area contributed by atoms with Crippen LogP contribution in [0.1, 0.15) is 140 Å². The smallest absolute Gasteiger partial charge is 0.338 e. The number of fused-ring (bicyclic) bond motifs is 4. The molecule has 1 saturated carbocycles. The van der Waals surface area contributed by atoms with E-state index in [1.165, 1.54) is 112 Å². The summed E-state index contributed by atoms with van der Waals surface area (Å²) in [5.41, 5.74) is 4.41. The third-order valence-corrected chi connectivity index (χ3v) is 35.2. The van der Waals surface area contributed by atoms with Gasteiger partial charge in [-0.25, -0.2) is 122 Å². The lowest BCUT2D eigenvalue weighted by Crippen LogP contribution is -2.60. The van der Waals surface area contributed by atoms with Crippen molar-refractivity contribution >= 4 is 185 Å². The fourth-order valence-electron chi connectivity index (χ4n) is 17.8. The molecule has 4 N–H and O–H groups in total. The lowest BCUT2D eigenvalue weighted by atomic mass is 9.94. The lowest BCUT2D eigenvalue weighted by Gasteiger charge is -2.38. The molecule has 0 bridgehead atoms. The summed E-state index contributed by atoms with van der Waals surface area (Å²) in [6.45, 7) is 9.76. The Labute approximate surface area is 851 Å². The van der Waals surface area contributed by atoms with E-state index in [-0.39, 0.29) is 153 Å². The Morgan fingerprint density at radius 1 is 0.413 bits per heavy atom. The number of carbonyl (C=O) groups excluding carboxylic acids is 5. The zero-order valence-corrected chi connectivity index (χ0v) is 85.5. The first-order valence-electron chi connectivity index (χ1n) is 44.3. The van der Waals surface area contributed by atoms with Gasteiger partial charge in [0.2, 0.25) is 52.0 Å². The number of amides is 1. The zero-order valence-electron chi connectivity index (χ0n) is 75.9. The van der Waals surface area contributed by atoms with Crippen molar-refractivity contribution in [3.05, 3.63) is 250 Å². The van der Waals surface area contributed by atoms with Crippen molar-refractivity contribution in [3.63, 3.8) is 0 Å². The molecular formula is C89H88Cl4F7N17O18S8. The number of amidine groups is 4. The largest absolute Gasteiger partial charge is 0.463 e. The Balaban J connectivity index is 0.000000137. The van der Waals surface area contributed by atoms with Crippen LogP contribution in [-0.4, -0.2) is 262 Å². The van der Waals surface area contributed by atoms with Crippen molar-refractivity contribution in [2.45, 2.75) is 143 Å². The van der Waals surface area contributed by atoms with Gasteiger partial charge in [0.1, 0.15) is 57.9 Å². The number of carbonyl (C=O) groups is 5. The number of esters is 4. The van der Waals surface area contributed by atoms with Crippen molar-refractivity contribution < 1.29 is 112 Å². The van der Waals surface area contributed by atoms with Gasteiger partial charge in [-0.3, -0.25) is 24.8 Å². The van der Waals surface area contributed by atoms with Gasteiger partial charge in [-0.1, -0.05) is 70.7 Å². The molecule has 54 heteroatoms. The zero-order chi connectivity index (χ0) is 102. The molecule has 762 valence electrons. The summed E-state index contributed by atoms with van der Waals surface area (Å²) in [7, 11) is -15.5. The molecule has 4 aromatic carbocycles. The molecule has 6 saturated heterocycles. The minimum Gasteiger partial charge on any atom is -0.463 e. The van der Waals surface area contributed by atoms with Gasteiger partial charge in [0.15, 0.2) is 43.4 Å². The molecule has 11 aliphatic rings. The van der Waals surface area contributed by atoms with Gasteiger partial charge < -0.3 is 48.2 Å².